The number of amides is 1. The van der Waals surface area contributed by atoms with Crippen LogP contribution in [0.2, 0.25) is 5.02 Å². The fourth-order valence-electron chi connectivity index (χ4n) is 1.80. The minimum atomic E-state index is -1.06. The molecule has 2 rings (SSSR count). The van der Waals surface area contributed by atoms with Crippen LogP contribution in [-0.2, 0) is 16.1 Å². The summed E-state index contributed by atoms with van der Waals surface area (Å²) in [7, 11) is 0. The van der Waals surface area contributed by atoms with Crippen LogP contribution in [0, 0.1) is 0 Å². The molecular weight excluding hydrogens is 268 g/mol. The molecule has 19 heavy (non-hydrogen) atoms. The highest BCUT2D eigenvalue weighted by atomic mass is 35.5. The van der Waals surface area contributed by atoms with Crippen LogP contribution in [0.5, 0.6) is 0 Å². The Labute approximate surface area is 114 Å². The predicted octanol–water partition coefficient (Wildman–Crippen LogP) is 1.88. The minimum absolute atomic E-state index is 0.0570. The second kappa shape index (κ2) is 5.32. The molecule has 0 radical (unpaired) electrons. The Balaban J connectivity index is 2.15. The summed E-state index contributed by atoms with van der Waals surface area (Å²) in [5.74, 6) is -1.42. The Morgan fingerprint density at radius 1 is 1.42 bits per heavy atom. The van der Waals surface area contributed by atoms with Crippen LogP contribution in [-0.4, -0.2) is 27.6 Å². The molecule has 0 spiro atoms. The SMILES string of the molecule is C[C@H](NC(=O)Cn1ccc2ccc(Cl)cc21)C(=O)O. The first-order valence-electron chi connectivity index (χ1n) is 5.74. The molecule has 0 aliphatic heterocycles. The first kappa shape index (κ1) is 13.4. The largest absolute Gasteiger partial charge is 0.480 e. The number of carbonyl (C=O) groups is 2. The fraction of sp³-hybridized carbons (Fsp3) is 0.231. The van der Waals surface area contributed by atoms with Gasteiger partial charge in [0.2, 0.25) is 5.91 Å². The van der Waals surface area contributed by atoms with E-state index >= 15 is 0 Å². The van der Waals surface area contributed by atoms with E-state index in [1.807, 2.05) is 12.1 Å². The Bertz CT molecular complexity index is 636. The first-order valence-corrected chi connectivity index (χ1v) is 6.12. The second-order valence-electron chi connectivity index (χ2n) is 4.27. The molecule has 0 bridgehead atoms. The predicted molar refractivity (Wildman–Crippen MR) is 72.2 cm³/mol. The molecule has 0 saturated carbocycles. The molecule has 0 unspecified atom stereocenters. The van der Waals surface area contributed by atoms with Crippen LogP contribution in [0.15, 0.2) is 30.5 Å². The van der Waals surface area contributed by atoms with Crippen LogP contribution in [0.3, 0.4) is 0 Å². The van der Waals surface area contributed by atoms with E-state index in [4.69, 9.17) is 16.7 Å². The van der Waals surface area contributed by atoms with Gasteiger partial charge in [0.05, 0.1) is 0 Å². The van der Waals surface area contributed by atoms with Crippen molar-refractivity contribution in [2.75, 3.05) is 0 Å². The summed E-state index contributed by atoms with van der Waals surface area (Å²) in [5.41, 5.74) is 0.839. The van der Waals surface area contributed by atoms with E-state index in [2.05, 4.69) is 5.32 Å². The van der Waals surface area contributed by atoms with Crippen molar-refractivity contribution in [3.8, 4) is 0 Å². The van der Waals surface area contributed by atoms with Crippen molar-refractivity contribution in [1.82, 2.24) is 9.88 Å². The van der Waals surface area contributed by atoms with Gasteiger partial charge in [-0.25, -0.2) is 0 Å². The Hall–Kier alpha value is -2.01. The van der Waals surface area contributed by atoms with Crippen LogP contribution in [0.1, 0.15) is 6.92 Å². The molecule has 1 atom stereocenters. The first-order chi connectivity index (χ1) is 8.97. The van der Waals surface area contributed by atoms with E-state index in [9.17, 15) is 9.59 Å². The highest BCUT2D eigenvalue weighted by Crippen LogP contribution is 2.20. The van der Waals surface area contributed by atoms with Crippen LogP contribution in [0.25, 0.3) is 10.9 Å². The summed E-state index contributed by atoms with van der Waals surface area (Å²) in [6, 6.07) is 6.38. The molecule has 0 aliphatic rings. The van der Waals surface area contributed by atoms with Crippen molar-refractivity contribution >= 4 is 34.4 Å². The summed E-state index contributed by atoms with van der Waals surface area (Å²) in [6.45, 7) is 1.48. The van der Waals surface area contributed by atoms with Gasteiger partial charge in [-0.2, -0.15) is 0 Å². The van der Waals surface area contributed by atoms with Crippen LogP contribution < -0.4 is 5.32 Å². The van der Waals surface area contributed by atoms with E-state index in [1.54, 1.807) is 22.9 Å². The van der Waals surface area contributed by atoms with E-state index < -0.39 is 12.0 Å². The summed E-state index contributed by atoms with van der Waals surface area (Å²) in [5, 5.41) is 12.7. The normalized spacial score (nSPS) is 12.3. The van der Waals surface area contributed by atoms with Crippen molar-refractivity contribution in [3.05, 3.63) is 35.5 Å². The van der Waals surface area contributed by atoms with Gasteiger partial charge in [-0.1, -0.05) is 17.7 Å². The summed E-state index contributed by atoms with van der Waals surface area (Å²) in [6.07, 6.45) is 1.77. The van der Waals surface area contributed by atoms with E-state index in [-0.39, 0.29) is 12.5 Å². The number of carboxylic acids is 1. The number of benzene rings is 1. The Morgan fingerprint density at radius 2 is 2.16 bits per heavy atom. The van der Waals surface area contributed by atoms with Crippen molar-refractivity contribution in [2.45, 2.75) is 19.5 Å². The zero-order chi connectivity index (χ0) is 14.0. The van der Waals surface area contributed by atoms with Gasteiger partial charge < -0.3 is 15.0 Å². The number of aromatic nitrogens is 1. The molecule has 6 heteroatoms. The maximum absolute atomic E-state index is 11.7. The number of carboxylic acid groups (broad SMARTS) is 1. The van der Waals surface area contributed by atoms with Gasteiger partial charge >= 0.3 is 5.97 Å². The van der Waals surface area contributed by atoms with E-state index in [1.165, 1.54) is 6.92 Å². The third kappa shape index (κ3) is 3.06. The van der Waals surface area contributed by atoms with Crippen molar-refractivity contribution in [1.29, 1.82) is 0 Å². The number of aliphatic carboxylic acids is 1. The lowest BCUT2D eigenvalue weighted by Gasteiger charge is -2.10. The maximum Gasteiger partial charge on any atom is 0.325 e. The van der Waals surface area contributed by atoms with Gasteiger partial charge in [0.15, 0.2) is 0 Å². The second-order valence-corrected chi connectivity index (χ2v) is 4.71. The number of fused-ring (bicyclic) bond motifs is 1. The zero-order valence-corrected chi connectivity index (χ0v) is 11.0. The van der Waals surface area contributed by atoms with Crippen LogP contribution in [0.4, 0.5) is 0 Å². The van der Waals surface area contributed by atoms with Gasteiger partial charge in [-0.3, -0.25) is 9.59 Å². The number of nitrogens with zero attached hydrogens (tertiary/aromatic N) is 1. The quantitative estimate of drug-likeness (QED) is 0.898. The number of carbonyl (C=O) groups excluding carboxylic acids is 1. The minimum Gasteiger partial charge on any atom is -0.480 e. The fourth-order valence-corrected chi connectivity index (χ4v) is 1.96. The molecule has 5 nitrogen and oxygen atoms in total. The molecule has 100 valence electrons. The Morgan fingerprint density at radius 3 is 2.84 bits per heavy atom. The lowest BCUT2D eigenvalue weighted by molar-refractivity contribution is -0.141. The Kier molecular flexibility index (Phi) is 3.76. The molecular formula is C13H13ClN2O3. The maximum atomic E-state index is 11.7. The lowest BCUT2D eigenvalue weighted by Crippen LogP contribution is -2.39. The van der Waals surface area contributed by atoms with Crippen molar-refractivity contribution in [3.63, 3.8) is 0 Å². The lowest BCUT2D eigenvalue weighted by atomic mass is 10.2. The third-order valence-corrected chi connectivity index (χ3v) is 3.03. The molecule has 1 heterocycles. The number of hydrogen-bond donors (Lipinski definition) is 2. The van der Waals surface area contributed by atoms with E-state index in [0.29, 0.717) is 5.02 Å². The van der Waals surface area contributed by atoms with Gasteiger partial charge in [0.25, 0.3) is 0 Å². The van der Waals surface area contributed by atoms with Gasteiger partial charge in [-0.15, -0.1) is 0 Å². The monoisotopic (exact) mass is 280 g/mol. The van der Waals surface area contributed by atoms with E-state index in [0.717, 1.165) is 10.9 Å². The topological polar surface area (TPSA) is 71.3 Å². The average molecular weight is 281 g/mol. The highest BCUT2D eigenvalue weighted by molar-refractivity contribution is 6.31. The van der Waals surface area contributed by atoms with Crippen molar-refractivity contribution < 1.29 is 14.7 Å². The van der Waals surface area contributed by atoms with Gasteiger partial charge in [0, 0.05) is 16.7 Å². The molecule has 0 saturated heterocycles. The number of nitrogens with one attached hydrogen (secondary N) is 1. The number of hydrogen-bond acceptors (Lipinski definition) is 2. The summed E-state index contributed by atoms with van der Waals surface area (Å²) in [4.78, 5) is 22.4. The van der Waals surface area contributed by atoms with Gasteiger partial charge in [0.1, 0.15) is 12.6 Å². The third-order valence-electron chi connectivity index (χ3n) is 2.80. The number of rotatable bonds is 4. The average Bonchev–Trinajstić information content (AvgIpc) is 2.71. The highest BCUT2D eigenvalue weighted by Gasteiger charge is 2.14. The van der Waals surface area contributed by atoms with Crippen molar-refractivity contribution in [2.24, 2.45) is 0 Å². The molecule has 1 aromatic heterocycles. The number of halogens is 1. The molecule has 0 fully saturated rings. The smallest absolute Gasteiger partial charge is 0.325 e. The molecule has 0 aliphatic carbocycles. The summed E-state index contributed by atoms with van der Waals surface area (Å²) >= 11 is 5.92. The standard InChI is InChI=1S/C13H13ClN2O3/c1-8(13(18)19)15-12(17)7-16-5-4-9-2-3-10(14)6-11(9)16/h2-6,8H,7H2,1H3,(H,15,17)(H,18,19)/t8-/m0/s1. The summed E-state index contributed by atoms with van der Waals surface area (Å²) < 4.78 is 1.73. The van der Waals surface area contributed by atoms with Gasteiger partial charge in [-0.05, 0) is 30.5 Å². The zero-order valence-electron chi connectivity index (χ0n) is 10.3. The van der Waals surface area contributed by atoms with Crippen LogP contribution >= 0.6 is 11.6 Å². The molecule has 2 N–H and O–H groups in total. The molecule has 1 aromatic carbocycles. The molecule has 1 amide bonds. The molecule has 2 aromatic rings.